The van der Waals surface area contributed by atoms with Crippen molar-refractivity contribution < 1.29 is 4.79 Å². The Kier molecular flexibility index (Phi) is 5.96. The zero-order valence-corrected chi connectivity index (χ0v) is 13.5. The quantitative estimate of drug-likeness (QED) is 0.774. The van der Waals surface area contributed by atoms with Crippen LogP contribution in [-0.2, 0) is 0 Å². The molecule has 0 aromatic heterocycles. The van der Waals surface area contributed by atoms with Gasteiger partial charge >= 0.3 is 0 Å². The van der Waals surface area contributed by atoms with Crippen molar-refractivity contribution in [1.82, 2.24) is 5.32 Å². The van der Waals surface area contributed by atoms with E-state index in [2.05, 4.69) is 35.1 Å². The summed E-state index contributed by atoms with van der Waals surface area (Å²) in [6, 6.07) is 5.04. The van der Waals surface area contributed by atoms with E-state index in [1.165, 1.54) is 0 Å². The molecule has 0 spiro atoms. The molecule has 1 aromatic rings. The lowest BCUT2D eigenvalue weighted by atomic mass is 9.90. The van der Waals surface area contributed by atoms with Crippen LogP contribution in [0.2, 0.25) is 10.0 Å². The highest BCUT2D eigenvalue weighted by molar-refractivity contribution is 9.09. The van der Waals surface area contributed by atoms with E-state index < -0.39 is 0 Å². The maximum Gasteiger partial charge on any atom is 0.254 e. The largest absolute Gasteiger partial charge is 0.351 e. The summed E-state index contributed by atoms with van der Waals surface area (Å²) in [5, 5.41) is 4.53. The Morgan fingerprint density at radius 2 is 1.89 bits per heavy atom. The predicted octanol–water partition coefficient (Wildman–Crippen LogP) is 4.53. The molecule has 0 fully saturated rings. The molecule has 18 heavy (non-hydrogen) atoms. The summed E-state index contributed by atoms with van der Waals surface area (Å²) in [6.45, 7) is 4.78. The van der Waals surface area contributed by atoms with Gasteiger partial charge in [0.15, 0.2) is 0 Å². The molecular weight excluding hydrogens is 337 g/mol. The average Bonchev–Trinajstić information content (AvgIpc) is 2.26. The molecule has 0 unspecified atom stereocenters. The van der Waals surface area contributed by atoms with Gasteiger partial charge in [-0.3, -0.25) is 4.79 Å². The SMILES string of the molecule is CC(C)(CCBr)CNC(=O)c1c(Cl)cccc1Cl. The average molecular weight is 353 g/mol. The Bertz CT molecular complexity index is 415. The molecule has 0 atom stereocenters. The van der Waals surface area contributed by atoms with Gasteiger partial charge in [0, 0.05) is 11.9 Å². The van der Waals surface area contributed by atoms with Gasteiger partial charge in [-0.1, -0.05) is 59.0 Å². The standard InChI is InChI=1S/C13H16BrCl2NO/c1-13(2,6-7-14)8-17-12(18)11-9(15)4-3-5-10(11)16/h3-5H,6-8H2,1-2H3,(H,17,18). The monoisotopic (exact) mass is 351 g/mol. The molecule has 1 rings (SSSR count). The number of alkyl halides is 1. The van der Waals surface area contributed by atoms with Crippen LogP contribution in [0.4, 0.5) is 0 Å². The lowest BCUT2D eigenvalue weighted by molar-refractivity contribution is 0.0936. The van der Waals surface area contributed by atoms with Crippen LogP contribution in [0, 0.1) is 5.41 Å². The summed E-state index contributed by atoms with van der Waals surface area (Å²) in [7, 11) is 0. The molecular formula is C13H16BrCl2NO. The van der Waals surface area contributed by atoms with E-state index in [9.17, 15) is 4.79 Å². The van der Waals surface area contributed by atoms with E-state index >= 15 is 0 Å². The second-order valence-corrected chi connectivity index (χ2v) is 6.49. The Balaban J connectivity index is 2.72. The summed E-state index contributed by atoms with van der Waals surface area (Å²) in [6.07, 6.45) is 0.976. The molecule has 1 amide bonds. The third-order valence-corrected chi connectivity index (χ3v) is 3.72. The Labute approximate surface area is 126 Å². The topological polar surface area (TPSA) is 29.1 Å². The summed E-state index contributed by atoms with van der Waals surface area (Å²) in [4.78, 5) is 12.0. The molecule has 2 nitrogen and oxygen atoms in total. The molecule has 0 radical (unpaired) electrons. The molecule has 1 N–H and O–H groups in total. The fraction of sp³-hybridized carbons (Fsp3) is 0.462. The lowest BCUT2D eigenvalue weighted by Crippen LogP contribution is -2.34. The van der Waals surface area contributed by atoms with Crippen LogP contribution in [-0.4, -0.2) is 17.8 Å². The number of nitrogens with one attached hydrogen (secondary N) is 1. The Morgan fingerprint density at radius 3 is 2.39 bits per heavy atom. The second kappa shape index (κ2) is 6.78. The van der Waals surface area contributed by atoms with Gasteiger partial charge in [-0.15, -0.1) is 0 Å². The highest BCUT2D eigenvalue weighted by Crippen LogP contribution is 2.25. The van der Waals surface area contributed by atoms with E-state index in [0.29, 0.717) is 22.2 Å². The molecule has 0 aliphatic heterocycles. The molecule has 0 saturated carbocycles. The highest BCUT2D eigenvalue weighted by Gasteiger charge is 2.20. The van der Waals surface area contributed by atoms with Crippen LogP contribution in [0.5, 0.6) is 0 Å². The number of halogens is 3. The van der Waals surface area contributed by atoms with Crippen molar-refractivity contribution in [2.45, 2.75) is 20.3 Å². The van der Waals surface area contributed by atoms with Gasteiger partial charge in [-0.2, -0.15) is 0 Å². The van der Waals surface area contributed by atoms with Crippen LogP contribution in [0.1, 0.15) is 30.6 Å². The van der Waals surface area contributed by atoms with Gasteiger partial charge in [0.25, 0.3) is 5.91 Å². The van der Waals surface area contributed by atoms with Gasteiger partial charge in [-0.05, 0) is 24.0 Å². The molecule has 5 heteroatoms. The maximum atomic E-state index is 12.0. The minimum absolute atomic E-state index is 0.0346. The van der Waals surface area contributed by atoms with E-state index in [4.69, 9.17) is 23.2 Å². The van der Waals surface area contributed by atoms with Gasteiger partial charge in [0.2, 0.25) is 0 Å². The lowest BCUT2D eigenvalue weighted by Gasteiger charge is -2.24. The smallest absolute Gasteiger partial charge is 0.254 e. The number of carbonyl (C=O) groups excluding carboxylic acids is 1. The van der Waals surface area contributed by atoms with Crippen LogP contribution in [0.15, 0.2) is 18.2 Å². The molecule has 0 aliphatic rings. The summed E-state index contributed by atoms with van der Waals surface area (Å²) >= 11 is 15.4. The number of rotatable bonds is 5. The molecule has 0 heterocycles. The van der Waals surface area contributed by atoms with E-state index in [-0.39, 0.29) is 11.3 Å². The first kappa shape index (κ1) is 15.8. The Hall–Kier alpha value is -0.250. The maximum absolute atomic E-state index is 12.0. The third-order valence-electron chi connectivity index (χ3n) is 2.69. The van der Waals surface area contributed by atoms with Crippen molar-refractivity contribution in [3.05, 3.63) is 33.8 Å². The fourth-order valence-electron chi connectivity index (χ4n) is 1.47. The van der Waals surface area contributed by atoms with Gasteiger partial charge < -0.3 is 5.32 Å². The molecule has 0 saturated heterocycles. The Morgan fingerprint density at radius 1 is 1.33 bits per heavy atom. The van der Waals surface area contributed by atoms with E-state index in [1.54, 1.807) is 18.2 Å². The summed E-state index contributed by atoms with van der Waals surface area (Å²) in [5.41, 5.74) is 0.378. The van der Waals surface area contributed by atoms with Crippen LogP contribution in [0.25, 0.3) is 0 Å². The number of benzene rings is 1. The summed E-state index contributed by atoms with van der Waals surface area (Å²) in [5.74, 6) is -0.228. The van der Waals surface area contributed by atoms with Crippen molar-refractivity contribution in [2.24, 2.45) is 5.41 Å². The molecule has 100 valence electrons. The number of hydrogen-bond acceptors (Lipinski definition) is 1. The van der Waals surface area contributed by atoms with E-state index in [1.807, 2.05) is 0 Å². The first-order chi connectivity index (χ1) is 8.37. The summed E-state index contributed by atoms with van der Waals surface area (Å²) < 4.78 is 0. The normalized spacial score (nSPS) is 11.4. The van der Waals surface area contributed by atoms with E-state index in [0.717, 1.165) is 11.8 Å². The van der Waals surface area contributed by atoms with Crippen molar-refractivity contribution in [3.63, 3.8) is 0 Å². The van der Waals surface area contributed by atoms with Gasteiger partial charge in [0.05, 0.1) is 15.6 Å². The fourth-order valence-corrected chi connectivity index (χ4v) is 3.11. The van der Waals surface area contributed by atoms with Crippen molar-refractivity contribution in [1.29, 1.82) is 0 Å². The number of amides is 1. The zero-order valence-electron chi connectivity index (χ0n) is 10.4. The number of hydrogen-bond donors (Lipinski definition) is 1. The molecule has 0 aliphatic carbocycles. The minimum Gasteiger partial charge on any atom is -0.351 e. The molecule has 1 aromatic carbocycles. The molecule has 0 bridgehead atoms. The van der Waals surface area contributed by atoms with Gasteiger partial charge in [-0.25, -0.2) is 0 Å². The van der Waals surface area contributed by atoms with Crippen molar-refractivity contribution in [2.75, 3.05) is 11.9 Å². The number of carbonyl (C=O) groups is 1. The first-order valence-electron chi connectivity index (χ1n) is 5.65. The predicted molar refractivity (Wildman–Crippen MR) is 81.0 cm³/mol. The zero-order chi connectivity index (χ0) is 13.8. The van der Waals surface area contributed by atoms with Gasteiger partial charge in [0.1, 0.15) is 0 Å². The van der Waals surface area contributed by atoms with Crippen LogP contribution >= 0.6 is 39.1 Å². The first-order valence-corrected chi connectivity index (χ1v) is 7.53. The van der Waals surface area contributed by atoms with Crippen molar-refractivity contribution >= 4 is 45.0 Å². The second-order valence-electron chi connectivity index (χ2n) is 4.88. The third kappa shape index (κ3) is 4.45. The van der Waals surface area contributed by atoms with Crippen LogP contribution < -0.4 is 5.32 Å². The highest BCUT2D eigenvalue weighted by atomic mass is 79.9. The van der Waals surface area contributed by atoms with Crippen LogP contribution in [0.3, 0.4) is 0 Å². The van der Waals surface area contributed by atoms with Crippen molar-refractivity contribution in [3.8, 4) is 0 Å². The minimum atomic E-state index is -0.228.